The van der Waals surface area contributed by atoms with Crippen molar-refractivity contribution in [1.29, 1.82) is 0 Å². The molecule has 0 aliphatic rings. The molecule has 3 heteroatoms. The number of halogens is 2. The van der Waals surface area contributed by atoms with Crippen LogP contribution in [0.4, 0.5) is 8.78 Å². The summed E-state index contributed by atoms with van der Waals surface area (Å²) in [6, 6.07) is 0. The molecule has 0 atom stereocenters. The van der Waals surface area contributed by atoms with Crippen molar-refractivity contribution in [2.24, 2.45) is 0 Å². The molecule has 0 radical (unpaired) electrons. The van der Waals surface area contributed by atoms with Crippen LogP contribution in [0.25, 0.3) is 0 Å². The largest absolute Gasteiger partial charge is 0.269 e. The summed E-state index contributed by atoms with van der Waals surface area (Å²) in [5, 5.41) is 0. The molecular formula is C4H10F2S. The molecule has 0 aromatic rings. The minimum atomic E-state index is -2.12. The first-order valence-corrected chi connectivity index (χ1v) is 4.82. The van der Waals surface area contributed by atoms with Crippen molar-refractivity contribution in [3.8, 4) is 0 Å². The van der Waals surface area contributed by atoms with Gasteiger partial charge in [0, 0.05) is 0 Å². The third-order valence-electron chi connectivity index (χ3n) is 0.535. The normalized spacial score (nSPS) is 15.1. The van der Waals surface area contributed by atoms with Crippen molar-refractivity contribution in [3.05, 3.63) is 0 Å². The van der Waals surface area contributed by atoms with Crippen molar-refractivity contribution < 1.29 is 8.78 Å². The molecule has 0 N–H and O–H groups in total. The Bertz CT molecular complexity index is 55.2. The third-order valence-corrected chi connectivity index (χ3v) is 1.60. The van der Waals surface area contributed by atoms with Crippen molar-refractivity contribution in [2.75, 3.05) is 18.8 Å². The fourth-order valence-corrected chi connectivity index (χ4v) is 0. The van der Waals surface area contributed by atoms with Crippen molar-refractivity contribution in [3.63, 3.8) is 0 Å². The average Bonchev–Trinajstić information content (AvgIpc) is 1.31. The van der Waals surface area contributed by atoms with Crippen molar-refractivity contribution in [2.45, 2.75) is 5.76 Å². The summed E-state index contributed by atoms with van der Waals surface area (Å²) < 4.78 is 23.2. The van der Waals surface area contributed by atoms with E-state index in [0.717, 1.165) is 0 Å². The van der Waals surface area contributed by atoms with E-state index in [1.807, 2.05) is 0 Å². The molecule has 0 aromatic carbocycles. The van der Waals surface area contributed by atoms with E-state index in [4.69, 9.17) is 0 Å². The standard InChI is InChI=1S/C4H10F2S/c1-7(2,3)4(5)6/h4H,1-3H3. The second-order valence-corrected chi connectivity index (χ2v) is 6.41. The van der Waals surface area contributed by atoms with Crippen LogP contribution in [0.1, 0.15) is 0 Å². The molecule has 0 fully saturated rings. The quantitative estimate of drug-likeness (QED) is 0.506. The molecule has 0 amide bonds. The Labute approximate surface area is 44.2 Å². The zero-order valence-corrected chi connectivity index (χ0v) is 5.56. The smallest absolute Gasteiger partial charge is 0.200 e. The summed E-state index contributed by atoms with van der Waals surface area (Å²) in [5.41, 5.74) is 0. The molecular weight excluding hydrogens is 118 g/mol. The molecule has 0 aliphatic heterocycles. The van der Waals surface area contributed by atoms with Crippen LogP contribution in [0.5, 0.6) is 0 Å². The first-order chi connectivity index (χ1) is 2.94. The predicted octanol–water partition coefficient (Wildman–Crippen LogP) is 1.90. The van der Waals surface area contributed by atoms with Gasteiger partial charge >= 0.3 is 0 Å². The highest BCUT2D eigenvalue weighted by Crippen LogP contribution is 2.42. The predicted molar refractivity (Wildman–Crippen MR) is 31.4 cm³/mol. The Morgan fingerprint density at radius 2 is 1.29 bits per heavy atom. The summed E-state index contributed by atoms with van der Waals surface area (Å²) in [6.45, 7) is 0. The highest BCUT2D eigenvalue weighted by atomic mass is 32.3. The highest BCUT2D eigenvalue weighted by molar-refractivity contribution is 8.32. The Morgan fingerprint density at radius 3 is 1.29 bits per heavy atom. The second kappa shape index (κ2) is 1.99. The molecule has 46 valence electrons. The first-order valence-electron chi connectivity index (χ1n) is 1.90. The van der Waals surface area contributed by atoms with Crippen LogP contribution in [0.15, 0.2) is 0 Å². The summed E-state index contributed by atoms with van der Waals surface area (Å²) in [4.78, 5) is 0. The fourth-order valence-electron chi connectivity index (χ4n) is 0. The van der Waals surface area contributed by atoms with Crippen LogP contribution < -0.4 is 0 Å². The van der Waals surface area contributed by atoms with E-state index >= 15 is 0 Å². The number of alkyl halides is 2. The van der Waals surface area contributed by atoms with E-state index < -0.39 is 15.8 Å². The van der Waals surface area contributed by atoms with Gasteiger partial charge in [0.2, 0.25) is 0 Å². The zero-order chi connectivity index (χ0) is 6.08. The maximum atomic E-state index is 11.6. The van der Waals surface area contributed by atoms with Crippen molar-refractivity contribution in [1.82, 2.24) is 0 Å². The van der Waals surface area contributed by atoms with Crippen molar-refractivity contribution >= 4 is 10.0 Å². The second-order valence-electron chi connectivity index (χ2n) is 2.19. The molecule has 0 bridgehead atoms. The fraction of sp³-hybridized carbons (Fsp3) is 1.00. The Hall–Kier alpha value is 0.210. The highest BCUT2D eigenvalue weighted by Gasteiger charge is 2.15. The molecule has 0 saturated carbocycles. The molecule has 0 spiro atoms. The minimum Gasteiger partial charge on any atom is -0.200 e. The third kappa shape index (κ3) is 2.85. The Morgan fingerprint density at radius 1 is 1.14 bits per heavy atom. The van der Waals surface area contributed by atoms with E-state index in [1.165, 1.54) is 0 Å². The van der Waals surface area contributed by atoms with Crippen LogP contribution in [-0.2, 0) is 0 Å². The lowest BCUT2D eigenvalue weighted by Crippen LogP contribution is -2.01. The van der Waals surface area contributed by atoms with E-state index in [2.05, 4.69) is 0 Å². The maximum Gasteiger partial charge on any atom is 0.269 e. The number of rotatable bonds is 1. The van der Waals surface area contributed by atoms with Gasteiger partial charge in [0.05, 0.1) is 0 Å². The van der Waals surface area contributed by atoms with Gasteiger partial charge in [0.15, 0.2) is 0 Å². The zero-order valence-electron chi connectivity index (χ0n) is 4.74. The summed E-state index contributed by atoms with van der Waals surface area (Å²) in [6.07, 6.45) is 4.78. The van der Waals surface area contributed by atoms with Gasteiger partial charge in [-0.15, -0.1) is 0 Å². The first kappa shape index (κ1) is 7.21. The number of hydrogen-bond donors (Lipinski definition) is 0. The van der Waals surface area contributed by atoms with Crippen LogP contribution in [0.3, 0.4) is 0 Å². The molecule has 0 nitrogen and oxygen atoms in total. The minimum absolute atomic E-state index is 1.57. The SMILES string of the molecule is CS(C)(C)C(F)F. The van der Waals surface area contributed by atoms with Gasteiger partial charge in [-0.25, -0.2) is 0 Å². The Kier molecular flexibility index (Phi) is 2.05. The van der Waals surface area contributed by atoms with Gasteiger partial charge in [-0.05, 0) is 18.8 Å². The summed E-state index contributed by atoms with van der Waals surface area (Å²) in [5.74, 6) is -2.12. The molecule has 0 rings (SSSR count). The van der Waals surface area contributed by atoms with Gasteiger partial charge in [0.25, 0.3) is 5.76 Å². The monoisotopic (exact) mass is 128 g/mol. The topological polar surface area (TPSA) is 0 Å². The van der Waals surface area contributed by atoms with Crippen LogP contribution in [0, 0.1) is 0 Å². The summed E-state index contributed by atoms with van der Waals surface area (Å²) in [7, 11) is -1.57. The molecule has 7 heavy (non-hydrogen) atoms. The van der Waals surface area contributed by atoms with Gasteiger partial charge in [-0.2, -0.15) is 18.8 Å². The lowest BCUT2D eigenvalue weighted by molar-refractivity contribution is 0.247. The summed E-state index contributed by atoms with van der Waals surface area (Å²) >= 11 is 0. The Balaban J connectivity index is 3.54. The van der Waals surface area contributed by atoms with E-state index in [-0.39, 0.29) is 0 Å². The molecule has 0 saturated heterocycles. The maximum absolute atomic E-state index is 11.6. The van der Waals surface area contributed by atoms with Gasteiger partial charge in [-0.1, -0.05) is 0 Å². The van der Waals surface area contributed by atoms with Crippen LogP contribution in [-0.4, -0.2) is 24.5 Å². The van der Waals surface area contributed by atoms with E-state index in [0.29, 0.717) is 0 Å². The molecule has 0 unspecified atom stereocenters. The lowest BCUT2D eigenvalue weighted by atomic mass is 11.7. The van der Waals surface area contributed by atoms with Gasteiger partial charge in [0.1, 0.15) is 0 Å². The lowest BCUT2D eigenvalue weighted by Gasteiger charge is -2.22. The van der Waals surface area contributed by atoms with Crippen LogP contribution in [0.2, 0.25) is 0 Å². The molecule has 0 aromatic heterocycles. The molecule has 0 aliphatic carbocycles. The van der Waals surface area contributed by atoms with E-state index in [9.17, 15) is 8.78 Å². The molecule has 0 heterocycles. The van der Waals surface area contributed by atoms with Gasteiger partial charge in [-0.3, -0.25) is 0 Å². The van der Waals surface area contributed by atoms with E-state index in [1.54, 1.807) is 18.8 Å². The average molecular weight is 128 g/mol. The van der Waals surface area contributed by atoms with Crippen LogP contribution >= 0.6 is 10.0 Å². The number of hydrogen-bond acceptors (Lipinski definition) is 0. The van der Waals surface area contributed by atoms with Gasteiger partial charge < -0.3 is 0 Å².